The lowest BCUT2D eigenvalue weighted by Crippen LogP contribution is -2.13. The normalized spacial score (nSPS) is 17.4. The van der Waals surface area contributed by atoms with Crippen molar-refractivity contribution >= 4 is 12.0 Å². The number of amides is 1. The Morgan fingerprint density at radius 3 is 2.76 bits per heavy atom. The van der Waals surface area contributed by atoms with Gasteiger partial charge in [0.15, 0.2) is 0 Å². The molecule has 2 N–H and O–H groups in total. The Balaban J connectivity index is 2.04. The van der Waals surface area contributed by atoms with Crippen molar-refractivity contribution in [3.8, 4) is 0 Å². The maximum atomic E-state index is 11.0. The first-order chi connectivity index (χ1) is 8.25. The SMILES string of the molecule is NC(=O)c1cccc(/C=C/C2CCCCC2)n1. The van der Waals surface area contributed by atoms with Gasteiger partial charge in [-0.1, -0.05) is 31.4 Å². The van der Waals surface area contributed by atoms with E-state index in [-0.39, 0.29) is 0 Å². The lowest BCUT2D eigenvalue weighted by Gasteiger charge is -2.17. The van der Waals surface area contributed by atoms with Crippen molar-refractivity contribution in [1.29, 1.82) is 0 Å². The fraction of sp³-hybridized carbons (Fsp3) is 0.429. The first-order valence-electron chi connectivity index (χ1n) is 6.21. The summed E-state index contributed by atoms with van der Waals surface area (Å²) in [6.07, 6.45) is 10.8. The molecule has 1 fully saturated rings. The maximum Gasteiger partial charge on any atom is 0.267 e. The third-order valence-electron chi connectivity index (χ3n) is 3.21. The number of nitrogens with zero attached hydrogens (tertiary/aromatic N) is 1. The molecule has 1 aliphatic rings. The van der Waals surface area contributed by atoms with E-state index in [1.54, 1.807) is 6.07 Å². The Morgan fingerprint density at radius 2 is 2.06 bits per heavy atom. The number of rotatable bonds is 3. The second kappa shape index (κ2) is 5.62. The summed E-state index contributed by atoms with van der Waals surface area (Å²) in [7, 11) is 0. The minimum absolute atomic E-state index is 0.329. The van der Waals surface area contributed by atoms with E-state index < -0.39 is 5.91 Å². The molecule has 2 rings (SSSR count). The predicted molar refractivity (Wildman–Crippen MR) is 68.4 cm³/mol. The summed E-state index contributed by atoms with van der Waals surface area (Å²) in [5.41, 5.74) is 6.34. The number of pyridine rings is 1. The molecule has 1 heterocycles. The van der Waals surface area contributed by atoms with Crippen LogP contribution in [0.2, 0.25) is 0 Å². The molecule has 1 saturated carbocycles. The summed E-state index contributed by atoms with van der Waals surface area (Å²) in [5, 5.41) is 0. The molecule has 1 aromatic rings. The maximum absolute atomic E-state index is 11.0. The molecular weight excluding hydrogens is 212 g/mol. The fourth-order valence-corrected chi connectivity index (χ4v) is 2.24. The quantitative estimate of drug-likeness (QED) is 0.868. The summed E-state index contributed by atoms with van der Waals surface area (Å²) in [6.45, 7) is 0. The Labute approximate surface area is 102 Å². The molecule has 3 heteroatoms. The highest BCUT2D eigenvalue weighted by Gasteiger charge is 2.09. The van der Waals surface area contributed by atoms with E-state index in [0.717, 1.165) is 5.69 Å². The number of hydrogen-bond donors (Lipinski definition) is 1. The topological polar surface area (TPSA) is 56.0 Å². The molecule has 0 aromatic carbocycles. The van der Waals surface area contributed by atoms with Crippen LogP contribution >= 0.6 is 0 Å². The highest BCUT2D eigenvalue weighted by molar-refractivity contribution is 5.90. The Bertz CT molecular complexity index is 420. The number of carbonyl (C=O) groups is 1. The highest BCUT2D eigenvalue weighted by atomic mass is 16.1. The molecule has 3 nitrogen and oxygen atoms in total. The van der Waals surface area contributed by atoms with Gasteiger partial charge in [-0.15, -0.1) is 0 Å². The van der Waals surface area contributed by atoms with Crippen molar-refractivity contribution < 1.29 is 4.79 Å². The van der Waals surface area contributed by atoms with E-state index in [9.17, 15) is 4.79 Å². The third kappa shape index (κ3) is 3.41. The molecule has 0 atom stereocenters. The average Bonchev–Trinajstić information content (AvgIpc) is 2.38. The van der Waals surface area contributed by atoms with Crippen molar-refractivity contribution in [2.24, 2.45) is 11.7 Å². The molecule has 0 bridgehead atoms. The molecule has 0 spiro atoms. The van der Waals surface area contributed by atoms with Crippen LogP contribution in [0.1, 0.15) is 48.3 Å². The van der Waals surface area contributed by atoms with Gasteiger partial charge in [0, 0.05) is 0 Å². The van der Waals surface area contributed by atoms with Crippen LogP contribution in [0, 0.1) is 5.92 Å². The van der Waals surface area contributed by atoms with E-state index in [1.165, 1.54) is 32.1 Å². The molecule has 0 radical (unpaired) electrons. The molecule has 0 aliphatic heterocycles. The van der Waals surface area contributed by atoms with E-state index in [1.807, 2.05) is 18.2 Å². The van der Waals surface area contributed by atoms with Crippen LogP contribution in [0.15, 0.2) is 24.3 Å². The summed E-state index contributed by atoms with van der Waals surface area (Å²) in [4.78, 5) is 15.2. The second-order valence-corrected chi connectivity index (χ2v) is 4.57. The molecule has 1 aliphatic carbocycles. The van der Waals surface area contributed by atoms with Gasteiger partial charge in [-0.3, -0.25) is 4.79 Å². The van der Waals surface area contributed by atoms with E-state index in [2.05, 4.69) is 11.1 Å². The standard InChI is InChI=1S/C14H18N2O/c15-14(17)13-8-4-7-12(16-13)10-9-11-5-2-1-3-6-11/h4,7-11H,1-3,5-6H2,(H2,15,17)/b10-9+. The largest absolute Gasteiger partial charge is 0.364 e. The van der Waals surface area contributed by atoms with E-state index in [4.69, 9.17) is 5.73 Å². The molecule has 1 amide bonds. The summed E-state index contributed by atoms with van der Waals surface area (Å²) < 4.78 is 0. The second-order valence-electron chi connectivity index (χ2n) is 4.57. The van der Waals surface area contributed by atoms with Crippen LogP contribution < -0.4 is 5.73 Å². The van der Waals surface area contributed by atoms with Crippen LogP contribution in [0.25, 0.3) is 6.08 Å². The summed E-state index contributed by atoms with van der Waals surface area (Å²) in [5.74, 6) is 0.195. The molecule has 90 valence electrons. The van der Waals surface area contributed by atoms with Crippen molar-refractivity contribution in [1.82, 2.24) is 4.98 Å². The molecule has 0 unspecified atom stereocenters. The molecular formula is C14H18N2O. The van der Waals surface area contributed by atoms with Gasteiger partial charge in [0.25, 0.3) is 5.91 Å². The Hall–Kier alpha value is -1.64. The number of nitrogens with two attached hydrogens (primary N) is 1. The summed E-state index contributed by atoms with van der Waals surface area (Å²) >= 11 is 0. The van der Waals surface area contributed by atoms with Crippen molar-refractivity contribution in [3.05, 3.63) is 35.7 Å². The fourth-order valence-electron chi connectivity index (χ4n) is 2.24. The number of allylic oxidation sites excluding steroid dienone is 1. The number of hydrogen-bond acceptors (Lipinski definition) is 2. The Morgan fingerprint density at radius 1 is 1.29 bits per heavy atom. The van der Waals surface area contributed by atoms with Crippen LogP contribution in [0.5, 0.6) is 0 Å². The van der Waals surface area contributed by atoms with Gasteiger partial charge in [0.05, 0.1) is 5.69 Å². The van der Waals surface area contributed by atoms with Crippen LogP contribution in [0.3, 0.4) is 0 Å². The van der Waals surface area contributed by atoms with Crippen LogP contribution in [-0.2, 0) is 0 Å². The van der Waals surface area contributed by atoms with Gasteiger partial charge in [-0.25, -0.2) is 4.98 Å². The average molecular weight is 230 g/mol. The summed E-state index contributed by atoms with van der Waals surface area (Å²) in [6, 6.07) is 5.35. The van der Waals surface area contributed by atoms with Gasteiger partial charge in [0.2, 0.25) is 0 Å². The Kier molecular flexibility index (Phi) is 3.91. The lowest BCUT2D eigenvalue weighted by atomic mass is 9.89. The smallest absolute Gasteiger partial charge is 0.267 e. The third-order valence-corrected chi connectivity index (χ3v) is 3.21. The van der Waals surface area contributed by atoms with Crippen LogP contribution in [-0.4, -0.2) is 10.9 Å². The van der Waals surface area contributed by atoms with Gasteiger partial charge < -0.3 is 5.73 Å². The van der Waals surface area contributed by atoms with Crippen molar-refractivity contribution in [2.75, 3.05) is 0 Å². The number of carbonyl (C=O) groups excluding carboxylic acids is 1. The molecule has 1 aromatic heterocycles. The highest BCUT2D eigenvalue weighted by Crippen LogP contribution is 2.25. The van der Waals surface area contributed by atoms with Gasteiger partial charge in [-0.2, -0.15) is 0 Å². The lowest BCUT2D eigenvalue weighted by molar-refractivity contribution is 0.0995. The zero-order valence-electron chi connectivity index (χ0n) is 9.93. The zero-order valence-corrected chi connectivity index (χ0v) is 9.93. The molecule has 0 saturated heterocycles. The van der Waals surface area contributed by atoms with Gasteiger partial charge in [0.1, 0.15) is 5.69 Å². The van der Waals surface area contributed by atoms with Gasteiger partial charge >= 0.3 is 0 Å². The molecule has 17 heavy (non-hydrogen) atoms. The minimum atomic E-state index is -0.474. The minimum Gasteiger partial charge on any atom is -0.364 e. The first-order valence-corrected chi connectivity index (χ1v) is 6.21. The zero-order chi connectivity index (χ0) is 12.1. The van der Waals surface area contributed by atoms with E-state index in [0.29, 0.717) is 11.6 Å². The van der Waals surface area contributed by atoms with Crippen molar-refractivity contribution in [2.45, 2.75) is 32.1 Å². The van der Waals surface area contributed by atoms with Crippen molar-refractivity contribution in [3.63, 3.8) is 0 Å². The number of primary amides is 1. The first kappa shape index (κ1) is 11.8. The predicted octanol–water partition coefficient (Wildman–Crippen LogP) is 2.77. The van der Waals surface area contributed by atoms with E-state index >= 15 is 0 Å². The monoisotopic (exact) mass is 230 g/mol. The van der Waals surface area contributed by atoms with Gasteiger partial charge in [-0.05, 0) is 37.0 Å². The van der Waals surface area contributed by atoms with Crippen LogP contribution in [0.4, 0.5) is 0 Å². The number of aromatic nitrogens is 1.